The Labute approximate surface area is 136 Å². The fraction of sp³-hybridized carbons (Fsp3) is 0.350. The number of halogens is 1. The van der Waals surface area contributed by atoms with Crippen LogP contribution in [0.1, 0.15) is 55.6 Å². The molecule has 0 aromatic heterocycles. The maximum atomic E-state index is 13.0. The number of amides is 1. The van der Waals surface area contributed by atoms with E-state index in [1.807, 2.05) is 6.07 Å². The number of hydrogen-bond acceptors (Lipinski definition) is 1. The predicted octanol–water partition coefficient (Wildman–Crippen LogP) is 5.04. The zero-order valence-corrected chi connectivity index (χ0v) is 14.0. The van der Waals surface area contributed by atoms with E-state index in [0.717, 1.165) is 12.1 Å². The van der Waals surface area contributed by atoms with Crippen molar-refractivity contribution in [1.29, 1.82) is 0 Å². The summed E-state index contributed by atoms with van der Waals surface area (Å²) in [5, 5.41) is 2.91. The highest BCUT2D eigenvalue weighted by Gasteiger charge is 2.41. The maximum absolute atomic E-state index is 13.0. The molecule has 1 aliphatic carbocycles. The van der Waals surface area contributed by atoms with Crippen LogP contribution < -0.4 is 5.32 Å². The maximum Gasteiger partial charge on any atom is 0.255 e. The Morgan fingerprint density at radius 2 is 1.57 bits per heavy atom. The minimum atomic E-state index is -0.344. The standard InChI is InChI=1S/C20H22FNO/c1-19(2)12-20(3,4)17-11-15(9-10-16(17)19)22-18(23)13-5-7-14(21)8-6-13/h5-11H,12H2,1-4H3,(H,22,23). The highest BCUT2D eigenvalue weighted by atomic mass is 19.1. The van der Waals surface area contributed by atoms with Gasteiger partial charge in [-0.2, -0.15) is 0 Å². The lowest BCUT2D eigenvalue weighted by molar-refractivity contribution is 0.102. The largest absolute Gasteiger partial charge is 0.322 e. The molecule has 3 heteroatoms. The normalized spacial score (nSPS) is 17.6. The topological polar surface area (TPSA) is 29.1 Å². The minimum absolute atomic E-state index is 0.0927. The van der Waals surface area contributed by atoms with Gasteiger partial charge < -0.3 is 5.32 Å². The molecule has 0 aliphatic heterocycles. The summed E-state index contributed by atoms with van der Waals surface area (Å²) in [6.45, 7) is 9.01. The summed E-state index contributed by atoms with van der Waals surface area (Å²) in [4.78, 5) is 12.3. The van der Waals surface area contributed by atoms with Crippen LogP contribution in [0, 0.1) is 5.82 Å². The van der Waals surface area contributed by atoms with Gasteiger partial charge in [-0.15, -0.1) is 0 Å². The van der Waals surface area contributed by atoms with Gasteiger partial charge >= 0.3 is 0 Å². The first kappa shape index (κ1) is 15.7. The molecule has 2 nitrogen and oxygen atoms in total. The Hall–Kier alpha value is -2.16. The molecule has 3 rings (SSSR count). The minimum Gasteiger partial charge on any atom is -0.322 e. The van der Waals surface area contributed by atoms with E-state index >= 15 is 0 Å². The van der Waals surface area contributed by atoms with Crippen molar-refractivity contribution >= 4 is 11.6 Å². The summed E-state index contributed by atoms with van der Waals surface area (Å²) < 4.78 is 13.0. The van der Waals surface area contributed by atoms with Gasteiger partial charge in [0.2, 0.25) is 0 Å². The van der Waals surface area contributed by atoms with Crippen molar-refractivity contribution in [1.82, 2.24) is 0 Å². The van der Waals surface area contributed by atoms with Crippen LogP contribution in [-0.2, 0) is 10.8 Å². The zero-order chi connectivity index (χ0) is 16.8. The third kappa shape index (κ3) is 2.88. The first-order valence-corrected chi connectivity index (χ1v) is 7.91. The van der Waals surface area contributed by atoms with Gasteiger partial charge in [0.15, 0.2) is 0 Å². The molecule has 1 amide bonds. The first-order valence-electron chi connectivity index (χ1n) is 7.91. The second-order valence-electron chi connectivity index (χ2n) is 7.67. The summed E-state index contributed by atoms with van der Waals surface area (Å²) in [6, 6.07) is 11.7. The molecular formula is C20H22FNO. The zero-order valence-electron chi connectivity index (χ0n) is 14.0. The van der Waals surface area contributed by atoms with E-state index < -0.39 is 0 Å². The van der Waals surface area contributed by atoms with E-state index in [2.05, 4.69) is 45.1 Å². The summed E-state index contributed by atoms with van der Waals surface area (Å²) >= 11 is 0. The monoisotopic (exact) mass is 311 g/mol. The van der Waals surface area contributed by atoms with Crippen molar-refractivity contribution < 1.29 is 9.18 Å². The number of rotatable bonds is 2. The van der Waals surface area contributed by atoms with E-state index in [0.29, 0.717) is 5.56 Å². The molecule has 23 heavy (non-hydrogen) atoms. The third-order valence-corrected chi connectivity index (χ3v) is 4.73. The van der Waals surface area contributed by atoms with E-state index in [4.69, 9.17) is 0 Å². The van der Waals surface area contributed by atoms with Gasteiger partial charge in [-0.3, -0.25) is 4.79 Å². The van der Waals surface area contributed by atoms with Crippen LogP contribution in [0.2, 0.25) is 0 Å². The average Bonchev–Trinajstić information content (AvgIpc) is 2.64. The lowest BCUT2D eigenvalue weighted by atomic mass is 9.82. The van der Waals surface area contributed by atoms with Crippen molar-refractivity contribution in [2.75, 3.05) is 5.32 Å². The number of nitrogens with one attached hydrogen (secondary N) is 1. The van der Waals surface area contributed by atoms with Gasteiger partial charge in [0.25, 0.3) is 5.91 Å². The van der Waals surface area contributed by atoms with E-state index in [1.54, 1.807) is 0 Å². The number of carbonyl (C=O) groups is 1. The molecule has 0 bridgehead atoms. The van der Waals surface area contributed by atoms with Crippen LogP contribution in [0.25, 0.3) is 0 Å². The Kier molecular flexibility index (Phi) is 3.55. The van der Waals surface area contributed by atoms with Crippen LogP contribution in [0.5, 0.6) is 0 Å². The second kappa shape index (κ2) is 5.19. The number of fused-ring (bicyclic) bond motifs is 1. The predicted molar refractivity (Wildman–Crippen MR) is 91.5 cm³/mol. The fourth-order valence-corrected chi connectivity index (χ4v) is 3.87. The molecule has 0 radical (unpaired) electrons. The summed E-state index contributed by atoms with van der Waals surface area (Å²) in [5.41, 5.74) is 4.12. The highest BCUT2D eigenvalue weighted by molar-refractivity contribution is 6.04. The molecule has 1 aliphatic rings. The molecule has 120 valence electrons. The van der Waals surface area contributed by atoms with E-state index in [1.165, 1.54) is 35.4 Å². The SMILES string of the molecule is CC1(C)CC(C)(C)c2cc(NC(=O)c3ccc(F)cc3)ccc21. The average molecular weight is 311 g/mol. The Balaban J connectivity index is 1.88. The van der Waals surface area contributed by atoms with Crippen molar-refractivity contribution in [3.8, 4) is 0 Å². The van der Waals surface area contributed by atoms with Gasteiger partial charge in [-0.05, 0) is 64.8 Å². The van der Waals surface area contributed by atoms with Crippen LogP contribution >= 0.6 is 0 Å². The molecule has 0 atom stereocenters. The summed E-state index contributed by atoms with van der Waals surface area (Å²) in [5.74, 6) is -0.567. The molecule has 0 fully saturated rings. The van der Waals surface area contributed by atoms with Gasteiger partial charge in [0.1, 0.15) is 5.82 Å². The fourth-order valence-electron chi connectivity index (χ4n) is 3.87. The number of hydrogen-bond donors (Lipinski definition) is 1. The lowest BCUT2D eigenvalue weighted by Gasteiger charge is -2.22. The van der Waals surface area contributed by atoms with Crippen molar-refractivity contribution in [2.24, 2.45) is 0 Å². The van der Waals surface area contributed by atoms with Crippen molar-refractivity contribution in [3.63, 3.8) is 0 Å². The molecule has 2 aromatic carbocycles. The lowest BCUT2D eigenvalue weighted by Crippen LogP contribution is -2.18. The molecule has 0 saturated heterocycles. The van der Waals surface area contributed by atoms with Gasteiger partial charge in [0, 0.05) is 11.3 Å². The number of benzene rings is 2. The molecule has 0 saturated carbocycles. The molecule has 0 unspecified atom stereocenters. The van der Waals surface area contributed by atoms with Crippen LogP contribution in [0.4, 0.5) is 10.1 Å². The number of carbonyl (C=O) groups excluding carboxylic acids is 1. The highest BCUT2D eigenvalue weighted by Crippen LogP contribution is 2.49. The molecule has 0 spiro atoms. The third-order valence-electron chi connectivity index (χ3n) is 4.73. The van der Waals surface area contributed by atoms with Crippen LogP contribution in [0.3, 0.4) is 0 Å². The Bertz CT molecular complexity index is 760. The van der Waals surface area contributed by atoms with E-state index in [9.17, 15) is 9.18 Å². The quantitative estimate of drug-likeness (QED) is 0.827. The Morgan fingerprint density at radius 3 is 2.22 bits per heavy atom. The van der Waals surface area contributed by atoms with Gasteiger partial charge in [-0.25, -0.2) is 4.39 Å². The van der Waals surface area contributed by atoms with Gasteiger partial charge in [0.05, 0.1) is 0 Å². The van der Waals surface area contributed by atoms with Crippen molar-refractivity contribution in [2.45, 2.75) is 44.9 Å². The molecule has 0 heterocycles. The number of anilines is 1. The van der Waals surface area contributed by atoms with E-state index in [-0.39, 0.29) is 22.6 Å². The molecular weight excluding hydrogens is 289 g/mol. The van der Waals surface area contributed by atoms with Gasteiger partial charge in [-0.1, -0.05) is 33.8 Å². The smallest absolute Gasteiger partial charge is 0.255 e. The van der Waals surface area contributed by atoms with Crippen LogP contribution in [-0.4, -0.2) is 5.91 Å². The summed E-state index contributed by atoms with van der Waals surface area (Å²) in [6.07, 6.45) is 1.09. The molecule has 2 aromatic rings. The first-order chi connectivity index (χ1) is 10.7. The Morgan fingerprint density at radius 1 is 0.957 bits per heavy atom. The summed E-state index contributed by atoms with van der Waals surface area (Å²) in [7, 11) is 0. The molecule has 1 N–H and O–H groups in total. The van der Waals surface area contributed by atoms with Crippen molar-refractivity contribution in [3.05, 3.63) is 65.0 Å². The van der Waals surface area contributed by atoms with Crippen LogP contribution in [0.15, 0.2) is 42.5 Å². The second-order valence-corrected chi connectivity index (χ2v) is 7.67.